The molecule has 4 nitrogen and oxygen atoms in total. The molecule has 2 saturated heterocycles. The van der Waals surface area contributed by atoms with Gasteiger partial charge in [-0.2, -0.15) is 0 Å². The van der Waals surface area contributed by atoms with E-state index < -0.39 is 12.1 Å². The molecule has 2 aliphatic heterocycles. The molecular formula is C13H23NO3. The first kappa shape index (κ1) is 12.8. The van der Waals surface area contributed by atoms with Gasteiger partial charge in [-0.3, -0.25) is 4.90 Å². The minimum atomic E-state index is -0.813. The Morgan fingerprint density at radius 3 is 2.41 bits per heavy atom. The molecule has 2 aliphatic rings. The summed E-state index contributed by atoms with van der Waals surface area (Å²) in [6.45, 7) is 5.42. The quantitative estimate of drug-likeness (QED) is 0.819. The fraction of sp³-hybridized carbons (Fsp3) is 0.923. The second-order valence-electron chi connectivity index (χ2n) is 5.49. The van der Waals surface area contributed by atoms with Crippen LogP contribution in [0.2, 0.25) is 0 Å². The number of hydrogen-bond donors (Lipinski definition) is 1. The normalized spacial score (nSPS) is 39.4. The van der Waals surface area contributed by atoms with Crippen molar-refractivity contribution in [1.29, 1.82) is 0 Å². The number of carbonyl (C=O) groups is 1. The van der Waals surface area contributed by atoms with Gasteiger partial charge in [0.05, 0.1) is 6.10 Å². The summed E-state index contributed by atoms with van der Waals surface area (Å²) < 4.78 is 5.58. The highest BCUT2D eigenvalue weighted by Gasteiger charge is 2.34. The minimum Gasteiger partial charge on any atom is -0.479 e. The molecule has 1 N–H and O–H groups in total. The van der Waals surface area contributed by atoms with Gasteiger partial charge in [-0.15, -0.1) is 0 Å². The molecule has 2 heterocycles. The van der Waals surface area contributed by atoms with E-state index in [-0.39, 0.29) is 6.10 Å². The smallest absolute Gasteiger partial charge is 0.332 e. The van der Waals surface area contributed by atoms with Gasteiger partial charge in [0.2, 0.25) is 0 Å². The average Bonchev–Trinajstić information content (AvgIpc) is 2.72. The first-order valence-corrected chi connectivity index (χ1v) is 6.72. The van der Waals surface area contributed by atoms with Crippen molar-refractivity contribution in [2.24, 2.45) is 0 Å². The molecule has 4 atom stereocenters. The molecule has 0 radical (unpaired) electrons. The number of hydrogen-bond acceptors (Lipinski definition) is 3. The van der Waals surface area contributed by atoms with Crippen molar-refractivity contribution in [2.75, 3.05) is 6.54 Å². The lowest BCUT2D eigenvalue weighted by Gasteiger charge is -2.40. The van der Waals surface area contributed by atoms with Crippen LogP contribution in [-0.4, -0.2) is 46.8 Å². The summed E-state index contributed by atoms with van der Waals surface area (Å²) >= 11 is 0. The number of piperidine rings is 1. The Bertz CT molecular complexity index is 272. The maximum absolute atomic E-state index is 10.8. The summed E-state index contributed by atoms with van der Waals surface area (Å²) in [5.74, 6) is -0.813. The highest BCUT2D eigenvalue weighted by molar-refractivity contribution is 5.72. The number of carboxylic acid groups (broad SMARTS) is 1. The predicted octanol–water partition coefficient (Wildman–Crippen LogP) is 1.88. The number of nitrogens with zero attached hydrogens (tertiary/aromatic N) is 1. The molecular weight excluding hydrogens is 218 g/mol. The zero-order valence-corrected chi connectivity index (χ0v) is 10.8. The monoisotopic (exact) mass is 241 g/mol. The van der Waals surface area contributed by atoms with Crippen LogP contribution in [-0.2, 0) is 9.53 Å². The number of aliphatic carboxylic acids is 1. The molecule has 0 spiro atoms. The molecule has 17 heavy (non-hydrogen) atoms. The van der Waals surface area contributed by atoms with E-state index in [2.05, 4.69) is 18.7 Å². The van der Waals surface area contributed by atoms with E-state index in [0.29, 0.717) is 18.5 Å². The molecule has 0 amide bonds. The summed E-state index contributed by atoms with van der Waals surface area (Å²) in [4.78, 5) is 13.3. The minimum absolute atomic E-state index is 0.110. The highest BCUT2D eigenvalue weighted by Crippen LogP contribution is 2.26. The Hall–Kier alpha value is -0.610. The van der Waals surface area contributed by atoms with Gasteiger partial charge in [0.1, 0.15) is 0 Å². The second-order valence-corrected chi connectivity index (χ2v) is 5.49. The molecule has 2 rings (SSSR count). The molecule has 0 aromatic carbocycles. The number of ether oxygens (including phenoxy) is 1. The van der Waals surface area contributed by atoms with Crippen LogP contribution in [0.25, 0.3) is 0 Å². The van der Waals surface area contributed by atoms with E-state index in [1.165, 1.54) is 19.3 Å². The van der Waals surface area contributed by atoms with Crippen molar-refractivity contribution in [3.05, 3.63) is 0 Å². The number of likely N-dealkylation sites (tertiary alicyclic amines) is 1. The maximum Gasteiger partial charge on any atom is 0.332 e. The van der Waals surface area contributed by atoms with E-state index in [1.54, 1.807) is 0 Å². The lowest BCUT2D eigenvalue weighted by atomic mass is 9.97. The van der Waals surface area contributed by atoms with Gasteiger partial charge in [-0.25, -0.2) is 4.79 Å². The largest absolute Gasteiger partial charge is 0.479 e. The van der Waals surface area contributed by atoms with Crippen LogP contribution in [0.3, 0.4) is 0 Å². The first-order valence-electron chi connectivity index (χ1n) is 6.72. The SMILES string of the molecule is CC1CCCC(C)N1C[C@@H]1CC[C@H](C(=O)O)O1. The van der Waals surface area contributed by atoms with Crippen molar-refractivity contribution in [3.8, 4) is 0 Å². The fourth-order valence-electron chi connectivity index (χ4n) is 3.09. The van der Waals surface area contributed by atoms with E-state index in [0.717, 1.165) is 13.0 Å². The van der Waals surface area contributed by atoms with E-state index in [4.69, 9.17) is 9.84 Å². The van der Waals surface area contributed by atoms with Crippen LogP contribution in [0.1, 0.15) is 46.0 Å². The predicted molar refractivity (Wildman–Crippen MR) is 65.0 cm³/mol. The van der Waals surface area contributed by atoms with E-state index >= 15 is 0 Å². The number of rotatable bonds is 3. The zero-order chi connectivity index (χ0) is 12.4. The van der Waals surface area contributed by atoms with Crippen LogP contribution in [0.15, 0.2) is 0 Å². The van der Waals surface area contributed by atoms with Crippen molar-refractivity contribution < 1.29 is 14.6 Å². The summed E-state index contributed by atoms with van der Waals surface area (Å²) in [6, 6.07) is 1.21. The Labute approximate surface area is 103 Å². The highest BCUT2D eigenvalue weighted by atomic mass is 16.5. The van der Waals surface area contributed by atoms with Crippen LogP contribution in [0.5, 0.6) is 0 Å². The van der Waals surface area contributed by atoms with Crippen LogP contribution < -0.4 is 0 Å². The third-order valence-electron chi connectivity index (χ3n) is 4.17. The lowest BCUT2D eigenvalue weighted by Crippen LogP contribution is -2.47. The maximum atomic E-state index is 10.8. The van der Waals surface area contributed by atoms with Gasteiger partial charge in [0, 0.05) is 18.6 Å². The van der Waals surface area contributed by atoms with Crippen molar-refractivity contribution in [1.82, 2.24) is 4.90 Å². The van der Waals surface area contributed by atoms with Crippen molar-refractivity contribution in [2.45, 2.75) is 70.2 Å². The molecule has 0 aromatic rings. The second kappa shape index (κ2) is 5.36. The summed E-state index contributed by atoms with van der Waals surface area (Å²) in [5.41, 5.74) is 0. The first-order chi connectivity index (χ1) is 8.08. The van der Waals surface area contributed by atoms with Crippen LogP contribution in [0, 0.1) is 0 Å². The van der Waals surface area contributed by atoms with Gasteiger partial charge in [-0.1, -0.05) is 6.42 Å². The number of carboxylic acids is 1. The third-order valence-corrected chi connectivity index (χ3v) is 4.17. The van der Waals surface area contributed by atoms with Crippen molar-refractivity contribution >= 4 is 5.97 Å². The zero-order valence-electron chi connectivity index (χ0n) is 10.8. The Balaban J connectivity index is 1.86. The van der Waals surface area contributed by atoms with Gasteiger partial charge >= 0.3 is 5.97 Å². The van der Waals surface area contributed by atoms with Gasteiger partial charge in [-0.05, 0) is 39.5 Å². The molecule has 0 bridgehead atoms. The standard InChI is InChI=1S/C13H23NO3/c1-9-4-3-5-10(2)14(9)8-11-6-7-12(17-11)13(15)16/h9-12H,3-8H2,1-2H3,(H,15,16)/t9?,10?,11-,12+/m0/s1. The van der Waals surface area contributed by atoms with E-state index in [9.17, 15) is 4.79 Å². The third kappa shape index (κ3) is 2.99. The van der Waals surface area contributed by atoms with Crippen molar-refractivity contribution in [3.63, 3.8) is 0 Å². The molecule has 0 saturated carbocycles. The van der Waals surface area contributed by atoms with Crippen LogP contribution >= 0.6 is 0 Å². The van der Waals surface area contributed by atoms with E-state index in [1.807, 2.05) is 0 Å². The molecule has 98 valence electrons. The Morgan fingerprint density at radius 2 is 1.88 bits per heavy atom. The summed E-state index contributed by atoms with van der Waals surface area (Å²) in [6.07, 6.45) is 4.89. The topological polar surface area (TPSA) is 49.8 Å². The Kier molecular flexibility index (Phi) is 4.05. The molecule has 0 aliphatic carbocycles. The molecule has 4 heteroatoms. The fourth-order valence-corrected chi connectivity index (χ4v) is 3.09. The summed E-state index contributed by atoms with van der Waals surface area (Å²) in [5, 5.41) is 8.90. The van der Waals surface area contributed by atoms with Gasteiger partial charge in [0.25, 0.3) is 0 Å². The molecule has 0 aromatic heterocycles. The molecule has 2 unspecified atom stereocenters. The van der Waals surface area contributed by atoms with Crippen LogP contribution in [0.4, 0.5) is 0 Å². The lowest BCUT2D eigenvalue weighted by molar-refractivity contribution is -0.150. The summed E-state index contributed by atoms with van der Waals surface area (Å²) in [7, 11) is 0. The van der Waals surface area contributed by atoms with Gasteiger partial charge < -0.3 is 9.84 Å². The molecule has 2 fully saturated rings. The Morgan fingerprint density at radius 1 is 1.24 bits per heavy atom. The van der Waals surface area contributed by atoms with Gasteiger partial charge in [0.15, 0.2) is 6.10 Å². The average molecular weight is 241 g/mol.